The van der Waals surface area contributed by atoms with Crippen LogP contribution in [0.25, 0.3) is 81.0 Å². The standard InChI is InChI=1S/C49H29NS/c1-2-12-32(13-3-1)50-44-26-22-30(31-23-27-46-40(29-31)36-17-7-11-21-45(36)51-46)28-39(44)38-25-24-37-35-16-6-10-20-43(35)49(47(37)48(38)50)41-18-8-4-14-33(41)34-15-5-9-19-42(34)49/h1-29H. The molecule has 0 radical (unpaired) electrons. The highest BCUT2D eigenvalue weighted by atomic mass is 32.1. The lowest BCUT2D eigenvalue weighted by Crippen LogP contribution is -2.26. The Kier molecular flexibility index (Phi) is 5.38. The van der Waals surface area contributed by atoms with Crippen LogP contribution in [0.1, 0.15) is 22.3 Å². The van der Waals surface area contributed by atoms with Crippen LogP contribution in [0, 0.1) is 0 Å². The first-order valence-corrected chi connectivity index (χ1v) is 18.5. The third kappa shape index (κ3) is 3.45. The number of para-hydroxylation sites is 1. The first-order chi connectivity index (χ1) is 25.3. The lowest BCUT2D eigenvalue weighted by atomic mass is 9.70. The van der Waals surface area contributed by atoms with Crippen molar-refractivity contribution in [3.8, 4) is 39.1 Å². The van der Waals surface area contributed by atoms with Crippen LogP contribution in [0.2, 0.25) is 0 Å². The van der Waals surface area contributed by atoms with Crippen molar-refractivity contribution in [1.82, 2.24) is 4.57 Å². The average Bonchev–Trinajstić information content (AvgIpc) is 3.91. The van der Waals surface area contributed by atoms with Crippen LogP contribution < -0.4 is 0 Å². The minimum absolute atomic E-state index is 0.437. The minimum Gasteiger partial charge on any atom is -0.309 e. The highest BCUT2D eigenvalue weighted by molar-refractivity contribution is 7.25. The second-order valence-corrected chi connectivity index (χ2v) is 15.1. The predicted molar refractivity (Wildman–Crippen MR) is 215 cm³/mol. The van der Waals surface area contributed by atoms with Crippen LogP contribution in [-0.2, 0) is 5.41 Å². The summed E-state index contributed by atoms with van der Waals surface area (Å²) in [5.41, 5.74) is 16.5. The molecule has 2 aliphatic rings. The number of aromatic nitrogens is 1. The Balaban J connectivity index is 1.22. The van der Waals surface area contributed by atoms with Crippen molar-refractivity contribution >= 4 is 53.3 Å². The summed E-state index contributed by atoms with van der Waals surface area (Å²) in [5.74, 6) is 0. The zero-order valence-electron chi connectivity index (χ0n) is 27.6. The van der Waals surface area contributed by atoms with Gasteiger partial charge in [-0.1, -0.05) is 133 Å². The number of hydrogen-bond donors (Lipinski definition) is 0. The molecule has 1 nitrogen and oxygen atoms in total. The third-order valence-electron chi connectivity index (χ3n) is 11.6. The maximum Gasteiger partial charge on any atom is 0.0746 e. The summed E-state index contributed by atoms with van der Waals surface area (Å²) in [4.78, 5) is 0. The topological polar surface area (TPSA) is 4.93 Å². The van der Waals surface area contributed by atoms with Gasteiger partial charge in [-0.05, 0) is 92.5 Å². The molecule has 0 saturated heterocycles. The van der Waals surface area contributed by atoms with Crippen LogP contribution in [0.4, 0.5) is 0 Å². The Morgan fingerprint density at radius 2 is 0.961 bits per heavy atom. The Labute approximate surface area is 299 Å². The van der Waals surface area contributed by atoms with Crippen LogP contribution in [-0.4, -0.2) is 4.57 Å². The molecule has 0 atom stereocenters. The minimum atomic E-state index is -0.437. The van der Waals surface area contributed by atoms with Gasteiger partial charge in [-0.3, -0.25) is 0 Å². The van der Waals surface area contributed by atoms with E-state index in [-0.39, 0.29) is 0 Å². The van der Waals surface area contributed by atoms with Gasteiger partial charge >= 0.3 is 0 Å². The van der Waals surface area contributed by atoms with Crippen molar-refractivity contribution in [3.63, 3.8) is 0 Å². The van der Waals surface area contributed by atoms with Crippen molar-refractivity contribution in [3.05, 3.63) is 198 Å². The van der Waals surface area contributed by atoms with Gasteiger partial charge in [0.1, 0.15) is 0 Å². The predicted octanol–water partition coefficient (Wildman–Crippen LogP) is 13.2. The van der Waals surface area contributed by atoms with E-state index in [1.165, 1.54) is 103 Å². The summed E-state index contributed by atoms with van der Waals surface area (Å²) >= 11 is 1.87. The zero-order chi connectivity index (χ0) is 33.3. The normalized spacial score (nSPS) is 13.6. The van der Waals surface area contributed by atoms with Crippen molar-refractivity contribution in [2.24, 2.45) is 0 Å². The number of benzene rings is 8. The molecule has 0 N–H and O–H groups in total. The summed E-state index contributed by atoms with van der Waals surface area (Å²) in [6, 6.07) is 65.9. The van der Waals surface area contributed by atoms with Gasteiger partial charge in [0, 0.05) is 42.2 Å². The van der Waals surface area contributed by atoms with Gasteiger partial charge in [-0.15, -0.1) is 11.3 Å². The van der Waals surface area contributed by atoms with Crippen molar-refractivity contribution in [1.29, 1.82) is 0 Å². The first kappa shape index (κ1) is 27.6. The van der Waals surface area contributed by atoms with Gasteiger partial charge in [0.15, 0.2) is 0 Å². The molecule has 0 bridgehead atoms. The lowest BCUT2D eigenvalue weighted by Gasteiger charge is -2.31. The van der Waals surface area contributed by atoms with E-state index in [2.05, 4.69) is 180 Å². The molecular formula is C49H29NS. The van der Waals surface area contributed by atoms with E-state index in [4.69, 9.17) is 0 Å². The molecule has 2 heterocycles. The van der Waals surface area contributed by atoms with Gasteiger partial charge in [0.05, 0.1) is 16.4 Å². The average molecular weight is 664 g/mol. The molecular weight excluding hydrogens is 635 g/mol. The van der Waals surface area contributed by atoms with E-state index in [1.807, 2.05) is 11.3 Å². The SMILES string of the molecule is c1ccc(-n2c3ccc(-c4ccc5sc6ccccc6c5c4)cc3c3ccc4c(c32)C2(c3ccccc3-c3ccccc32)c2ccccc2-4)cc1. The fourth-order valence-corrected chi connectivity index (χ4v) is 10.7. The van der Waals surface area contributed by atoms with E-state index >= 15 is 0 Å². The van der Waals surface area contributed by atoms with Crippen LogP contribution in [0.3, 0.4) is 0 Å². The quantitative estimate of drug-likeness (QED) is 0.173. The molecule has 8 aromatic carbocycles. The Hall–Kier alpha value is -6.22. The maximum absolute atomic E-state index is 2.54. The molecule has 2 aliphatic carbocycles. The highest BCUT2D eigenvalue weighted by Crippen LogP contribution is 2.64. The maximum atomic E-state index is 2.54. The van der Waals surface area contributed by atoms with Crippen molar-refractivity contribution in [2.75, 3.05) is 0 Å². The van der Waals surface area contributed by atoms with Gasteiger partial charge < -0.3 is 4.57 Å². The highest BCUT2D eigenvalue weighted by Gasteiger charge is 2.53. The summed E-state index contributed by atoms with van der Waals surface area (Å²) in [7, 11) is 0. The summed E-state index contributed by atoms with van der Waals surface area (Å²) in [6.45, 7) is 0. The monoisotopic (exact) mass is 663 g/mol. The van der Waals surface area contributed by atoms with Crippen molar-refractivity contribution < 1.29 is 0 Å². The molecule has 0 aliphatic heterocycles. The number of thiophene rings is 1. The first-order valence-electron chi connectivity index (χ1n) is 17.7. The van der Waals surface area contributed by atoms with E-state index in [9.17, 15) is 0 Å². The fraction of sp³-hybridized carbons (Fsp3) is 0.0204. The van der Waals surface area contributed by atoms with Gasteiger partial charge in [-0.25, -0.2) is 0 Å². The molecule has 10 aromatic rings. The second kappa shape index (κ2) is 9.94. The molecule has 1 spiro atoms. The smallest absolute Gasteiger partial charge is 0.0746 e. The molecule has 2 aromatic heterocycles. The van der Waals surface area contributed by atoms with Crippen LogP contribution in [0.15, 0.2) is 176 Å². The molecule has 0 amide bonds. The fourth-order valence-electron chi connectivity index (χ4n) is 9.62. The van der Waals surface area contributed by atoms with Gasteiger partial charge in [0.25, 0.3) is 0 Å². The molecule has 236 valence electrons. The number of rotatable bonds is 2. The van der Waals surface area contributed by atoms with E-state index in [0.717, 1.165) is 0 Å². The van der Waals surface area contributed by atoms with Crippen LogP contribution >= 0.6 is 11.3 Å². The number of hydrogen-bond acceptors (Lipinski definition) is 1. The molecule has 51 heavy (non-hydrogen) atoms. The van der Waals surface area contributed by atoms with E-state index < -0.39 is 5.41 Å². The second-order valence-electron chi connectivity index (χ2n) is 14.0. The summed E-state index contributed by atoms with van der Waals surface area (Å²) in [5, 5.41) is 5.22. The van der Waals surface area contributed by atoms with Crippen molar-refractivity contribution in [2.45, 2.75) is 5.41 Å². The van der Waals surface area contributed by atoms with Gasteiger partial charge in [-0.2, -0.15) is 0 Å². The Bertz CT molecular complexity index is 3020. The third-order valence-corrected chi connectivity index (χ3v) is 12.8. The molecule has 0 unspecified atom stereocenters. The number of nitrogens with zero attached hydrogens (tertiary/aromatic N) is 1. The number of fused-ring (bicyclic) bond motifs is 17. The Morgan fingerprint density at radius 1 is 0.392 bits per heavy atom. The molecule has 0 saturated carbocycles. The van der Waals surface area contributed by atoms with Gasteiger partial charge in [0.2, 0.25) is 0 Å². The molecule has 0 fully saturated rings. The lowest BCUT2D eigenvalue weighted by molar-refractivity contribution is 0.797. The molecule has 2 heteroatoms. The van der Waals surface area contributed by atoms with E-state index in [0.29, 0.717) is 0 Å². The largest absolute Gasteiger partial charge is 0.309 e. The van der Waals surface area contributed by atoms with E-state index in [1.54, 1.807) is 0 Å². The zero-order valence-corrected chi connectivity index (χ0v) is 28.4. The van der Waals surface area contributed by atoms with Crippen LogP contribution in [0.5, 0.6) is 0 Å². The summed E-state index contributed by atoms with van der Waals surface area (Å²) in [6.07, 6.45) is 0. The molecule has 12 rings (SSSR count). The summed E-state index contributed by atoms with van der Waals surface area (Å²) < 4.78 is 5.21. The Morgan fingerprint density at radius 3 is 1.69 bits per heavy atom.